The Morgan fingerprint density at radius 1 is 1.50 bits per heavy atom. The van der Waals surface area contributed by atoms with Crippen LogP contribution >= 0.6 is 0 Å². The standard InChI is InChI=1S/C11H20N2O5/c1-18-5-4-13(7-10(15)16)11(17)12-3-2-9(6-12)8-14/h9,14H,2-8H2,1H3,(H,15,16). The monoisotopic (exact) mass is 260 g/mol. The Balaban J connectivity index is 2.55. The molecule has 2 amide bonds. The molecule has 0 saturated carbocycles. The maximum absolute atomic E-state index is 12.1. The lowest BCUT2D eigenvalue weighted by molar-refractivity contribution is -0.137. The average Bonchev–Trinajstić information content (AvgIpc) is 2.81. The molecule has 1 aliphatic heterocycles. The van der Waals surface area contributed by atoms with E-state index in [1.54, 1.807) is 4.90 Å². The first-order valence-corrected chi connectivity index (χ1v) is 5.94. The van der Waals surface area contributed by atoms with Gasteiger partial charge in [0.25, 0.3) is 0 Å². The van der Waals surface area contributed by atoms with Crippen LogP contribution in [0.4, 0.5) is 4.79 Å². The van der Waals surface area contributed by atoms with Crippen molar-refractivity contribution in [1.29, 1.82) is 0 Å². The van der Waals surface area contributed by atoms with Gasteiger partial charge in [-0.05, 0) is 6.42 Å². The van der Waals surface area contributed by atoms with Crippen LogP contribution in [0.25, 0.3) is 0 Å². The Kier molecular flexibility index (Phi) is 5.87. The summed E-state index contributed by atoms with van der Waals surface area (Å²) in [7, 11) is 1.50. The van der Waals surface area contributed by atoms with Gasteiger partial charge in [-0.2, -0.15) is 0 Å². The highest BCUT2D eigenvalue weighted by Gasteiger charge is 2.29. The zero-order chi connectivity index (χ0) is 13.5. The van der Waals surface area contributed by atoms with Crippen LogP contribution < -0.4 is 0 Å². The first-order chi connectivity index (χ1) is 8.58. The second-order valence-corrected chi connectivity index (χ2v) is 4.37. The highest BCUT2D eigenvalue weighted by atomic mass is 16.5. The molecule has 0 bridgehead atoms. The lowest BCUT2D eigenvalue weighted by atomic mass is 10.1. The summed E-state index contributed by atoms with van der Waals surface area (Å²) in [5, 5.41) is 17.8. The van der Waals surface area contributed by atoms with Gasteiger partial charge in [0.2, 0.25) is 0 Å². The van der Waals surface area contributed by atoms with E-state index in [1.165, 1.54) is 12.0 Å². The molecule has 1 fully saturated rings. The summed E-state index contributed by atoms with van der Waals surface area (Å²) in [5.41, 5.74) is 0. The number of likely N-dealkylation sites (tertiary alicyclic amines) is 1. The largest absolute Gasteiger partial charge is 0.480 e. The van der Waals surface area contributed by atoms with Gasteiger partial charge >= 0.3 is 12.0 Å². The van der Waals surface area contributed by atoms with Crippen LogP contribution in [-0.2, 0) is 9.53 Å². The van der Waals surface area contributed by atoms with E-state index < -0.39 is 5.97 Å². The number of carboxylic acid groups (broad SMARTS) is 1. The molecule has 0 radical (unpaired) electrons. The van der Waals surface area contributed by atoms with E-state index in [2.05, 4.69) is 0 Å². The third-order valence-corrected chi connectivity index (χ3v) is 2.98. The normalized spacial score (nSPS) is 19.0. The Morgan fingerprint density at radius 2 is 2.22 bits per heavy atom. The molecule has 0 aromatic rings. The van der Waals surface area contributed by atoms with Gasteiger partial charge in [0.15, 0.2) is 0 Å². The van der Waals surface area contributed by atoms with Crippen LogP contribution in [0.2, 0.25) is 0 Å². The molecule has 0 aliphatic carbocycles. The van der Waals surface area contributed by atoms with Crippen molar-refractivity contribution in [1.82, 2.24) is 9.80 Å². The lowest BCUT2D eigenvalue weighted by Gasteiger charge is -2.26. The minimum atomic E-state index is -1.04. The molecule has 2 N–H and O–H groups in total. The lowest BCUT2D eigenvalue weighted by Crippen LogP contribution is -2.45. The number of amides is 2. The van der Waals surface area contributed by atoms with Crippen molar-refractivity contribution >= 4 is 12.0 Å². The van der Waals surface area contributed by atoms with Gasteiger partial charge in [-0.25, -0.2) is 4.79 Å². The maximum atomic E-state index is 12.1. The number of hydrogen-bond acceptors (Lipinski definition) is 4. The van der Waals surface area contributed by atoms with Gasteiger partial charge in [0, 0.05) is 39.3 Å². The number of carbonyl (C=O) groups excluding carboxylic acids is 1. The number of aliphatic hydroxyl groups excluding tert-OH is 1. The summed E-state index contributed by atoms with van der Waals surface area (Å²) in [6.07, 6.45) is 0.757. The summed E-state index contributed by atoms with van der Waals surface area (Å²) in [5.74, 6) is -0.944. The second kappa shape index (κ2) is 7.17. The van der Waals surface area contributed by atoms with Crippen molar-refractivity contribution in [2.24, 2.45) is 5.92 Å². The Bertz CT molecular complexity index is 297. The maximum Gasteiger partial charge on any atom is 0.323 e. The highest BCUT2D eigenvalue weighted by molar-refractivity contribution is 5.80. The minimum Gasteiger partial charge on any atom is -0.480 e. The zero-order valence-electron chi connectivity index (χ0n) is 10.5. The summed E-state index contributed by atoms with van der Waals surface area (Å²) in [4.78, 5) is 25.7. The molecule has 1 rings (SSSR count). The number of ether oxygens (including phenoxy) is 1. The third-order valence-electron chi connectivity index (χ3n) is 2.98. The summed E-state index contributed by atoms with van der Waals surface area (Å²) in [6, 6.07) is -0.301. The molecule has 7 nitrogen and oxygen atoms in total. The van der Waals surface area contributed by atoms with E-state index in [0.29, 0.717) is 19.7 Å². The predicted octanol–water partition coefficient (Wildman–Crippen LogP) is -0.546. The van der Waals surface area contributed by atoms with Gasteiger partial charge < -0.3 is 24.7 Å². The van der Waals surface area contributed by atoms with Crippen LogP contribution in [0.15, 0.2) is 0 Å². The molecule has 1 heterocycles. The number of urea groups is 1. The fourth-order valence-electron chi connectivity index (χ4n) is 1.96. The molecular weight excluding hydrogens is 240 g/mol. The quantitative estimate of drug-likeness (QED) is 0.669. The molecule has 0 aromatic heterocycles. The van der Waals surface area contributed by atoms with E-state index in [4.69, 9.17) is 14.9 Å². The van der Waals surface area contributed by atoms with Gasteiger partial charge in [0.05, 0.1) is 6.61 Å². The van der Waals surface area contributed by atoms with Crippen molar-refractivity contribution in [2.75, 3.05) is 46.5 Å². The molecule has 1 unspecified atom stereocenters. The van der Waals surface area contributed by atoms with Crippen LogP contribution in [0.3, 0.4) is 0 Å². The number of carboxylic acids is 1. The molecule has 1 saturated heterocycles. The number of aliphatic hydroxyl groups is 1. The van der Waals surface area contributed by atoms with Crippen molar-refractivity contribution < 1.29 is 24.5 Å². The molecule has 18 heavy (non-hydrogen) atoms. The van der Waals surface area contributed by atoms with E-state index in [9.17, 15) is 9.59 Å². The third kappa shape index (κ3) is 4.15. The smallest absolute Gasteiger partial charge is 0.323 e. The second-order valence-electron chi connectivity index (χ2n) is 4.37. The molecule has 7 heteroatoms. The average molecular weight is 260 g/mol. The summed E-state index contributed by atoms with van der Waals surface area (Å²) in [6.45, 7) is 1.33. The van der Waals surface area contributed by atoms with Gasteiger partial charge in [-0.3, -0.25) is 4.79 Å². The number of rotatable bonds is 6. The fraction of sp³-hybridized carbons (Fsp3) is 0.818. The number of carbonyl (C=O) groups is 2. The van der Waals surface area contributed by atoms with Crippen LogP contribution in [0, 0.1) is 5.92 Å². The number of aliphatic carboxylic acids is 1. The highest BCUT2D eigenvalue weighted by Crippen LogP contribution is 2.16. The molecule has 0 aromatic carbocycles. The number of hydrogen-bond donors (Lipinski definition) is 2. The summed E-state index contributed by atoms with van der Waals surface area (Å²) >= 11 is 0. The van der Waals surface area contributed by atoms with Gasteiger partial charge in [0.1, 0.15) is 6.54 Å². The first kappa shape index (κ1) is 14.7. The van der Waals surface area contributed by atoms with Crippen molar-refractivity contribution in [2.45, 2.75) is 6.42 Å². The van der Waals surface area contributed by atoms with E-state index in [0.717, 1.165) is 6.42 Å². The number of nitrogens with zero attached hydrogens (tertiary/aromatic N) is 2. The van der Waals surface area contributed by atoms with Crippen LogP contribution in [-0.4, -0.2) is 78.5 Å². The predicted molar refractivity (Wildman–Crippen MR) is 63.2 cm³/mol. The molecule has 104 valence electrons. The van der Waals surface area contributed by atoms with Crippen LogP contribution in [0.1, 0.15) is 6.42 Å². The van der Waals surface area contributed by atoms with E-state index in [1.807, 2.05) is 0 Å². The number of methoxy groups -OCH3 is 1. The zero-order valence-corrected chi connectivity index (χ0v) is 10.5. The molecule has 0 spiro atoms. The van der Waals surface area contributed by atoms with Gasteiger partial charge in [-0.1, -0.05) is 0 Å². The van der Waals surface area contributed by atoms with Gasteiger partial charge in [-0.15, -0.1) is 0 Å². The first-order valence-electron chi connectivity index (χ1n) is 5.94. The minimum absolute atomic E-state index is 0.0563. The Morgan fingerprint density at radius 3 is 2.72 bits per heavy atom. The molecular formula is C11H20N2O5. The Hall–Kier alpha value is -1.34. The molecule has 1 atom stereocenters. The summed E-state index contributed by atoms with van der Waals surface area (Å²) < 4.78 is 4.86. The molecule has 1 aliphatic rings. The van der Waals surface area contributed by atoms with E-state index >= 15 is 0 Å². The fourth-order valence-corrected chi connectivity index (χ4v) is 1.96. The Labute approximate surface area is 106 Å². The van der Waals surface area contributed by atoms with E-state index in [-0.39, 0.29) is 31.6 Å². The van der Waals surface area contributed by atoms with Crippen molar-refractivity contribution in [3.8, 4) is 0 Å². The SMILES string of the molecule is COCCN(CC(=O)O)C(=O)N1CCC(CO)C1. The van der Waals surface area contributed by atoms with Crippen LogP contribution in [0.5, 0.6) is 0 Å². The topological polar surface area (TPSA) is 90.3 Å². The van der Waals surface area contributed by atoms with Crippen molar-refractivity contribution in [3.63, 3.8) is 0 Å². The van der Waals surface area contributed by atoms with Crippen molar-refractivity contribution in [3.05, 3.63) is 0 Å².